The number of ether oxygens (including phenoxy) is 1. The van der Waals surface area contributed by atoms with Crippen molar-refractivity contribution in [2.75, 3.05) is 19.7 Å². The van der Waals surface area contributed by atoms with E-state index in [9.17, 15) is 0 Å². The molecular formula is C21H28ClNO. The van der Waals surface area contributed by atoms with Crippen LogP contribution in [0.3, 0.4) is 0 Å². The van der Waals surface area contributed by atoms with E-state index in [1.165, 1.54) is 24.0 Å². The number of benzene rings is 2. The van der Waals surface area contributed by atoms with E-state index in [-0.39, 0.29) is 18.0 Å². The molecule has 130 valence electrons. The van der Waals surface area contributed by atoms with Crippen LogP contribution in [0, 0.1) is 5.92 Å². The van der Waals surface area contributed by atoms with Gasteiger partial charge in [0.15, 0.2) is 0 Å². The molecule has 1 aliphatic rings. The van der Waals surface area contributed by atoms with E-state index < -0.39 is 0 Å². The van der Waals surface area contributed by atoms with Gasteiger partial charge in [-0.25, -0.2) is 0 Å². The van der Waals surface area contributed by atoms with Crippen molar-refractivity contribution >= 4 is 12.4 Å². The van der Waals surface area contributed by atoms with E-state index in [4.69, 9.17) is 4.74 Å². The molecule has 1 N–H and O–H groups in total. The molecule has 0 unspecified atom stereocenters. The van der Waals surface area contributed by atoms with E-state index in [1.54, 1.807) is 0 Å². The highest BCUT2D eigenvalue weighted by molar-refractivity contribution is 5.85. The van der Waals surface area contributed by atoms with Crippen LogP contribution < -0.4 is 5.32 Å². The molecule has 2 aromatic carbocycles. The SMILES string of the molecule is CCOC(CCNCC1CC1)(c1ccccc1)c1ccccc1.Cl. The minimum absolute atomic E-state index is 0. The fraction of sp³-hybridized carbons (Fsp3) is 0.429. The third-order valence-corrected chi connectivity index (χ3v) is 4.65. The second kappa shape index (κ2) is 9.22. The fourth-order valence-corrected chi connectivity index (χ4v) is 3.25. The molecular weight excluding hydrogens is 318 g/mol. The summed E-state index contributed by atoms with van der Waals surface area (Å²) in [6.07, 6.45) is 3.73. The second-order valence-electron chi connectivity index (χ2n) is 6.39. The van der Waals surface area contributed by atoms with Crippen LogP contribution in [0.1, 0.15) is 37.3 Å². The summed E-state index contributed by atoms with van der Waals surface area (Å²) in [7, 11) is 0. The Labute approximate surface area is 152 Å². The average molecular weight is 346 g/mol. The van der Waals surface area contributed by atoms with Gasteiger partial charge in [0, 0.05) is 6.61 Å². The Morgan fingerprint density at radius 1 is 0.958 bits per heavy atom. The Hall–Kier alpha value is -1.35. The van der Waals surface area contributed by atoms with Crippen molar-refractivity contribution in [2.45, 2.75) is 31.8 Å². The number of halogens is 1. The zero-order valence-electron chi connectivity index (χ0n) is 14.4. The van der Waals surface area contributed by atoms with Crippen molar-refractivity contribution in [3.8, 4) is 0 Å². The fourth-order valence-electron chi connectivity index (χ4n) is 3.25. The summed E-state index contributed by atoms with van der Waals surface area (Å²) in [5, 5.41) is 3.62. The molecule has 1 fully saturated rings. The molecule has 1 saturated carbocycles. The summed E-state index contributed by atoms with van der Waals surface area (Å²) in [4.78, 5) is 0. The van der Waals surface area contributed by atoms with Crippen molar-refractivity contribution in [3.63, 3.8) is 0 Å². The minimum Gasteiger partial charge on any atom is -0.366 e. The first-order valence-corrected chi connectivity index (χ1v) is 8.81. The molecule has 0 bridgehead atoms. The lowest BCUT2D eigenvalue weighted by atomic mass is 9.83. The minimum atomic E-state index is -0.367. The van der Waals surface area contributed by atoms with Gasteiger partial charge in [0.1, 0.15) is 5.60 Å². The van der Waals surface area contributed by atoms with E-state index in [2.05, 4.69) is 72.9 Å². The normalized spacial score (nSPS) is 14.2. The Morgan fingerprint density at radius 2 is 1.50 bits per heavy atom. The van der Waals surface area contributed by atoms with E-state index in [1.807, 2.05) is 0 Å². The summed E-state index contributed by atoms with van der Waals surface area (Å²) < 4.78 is 6.38. The van der Waals surface area contributed by atoms with Gasteiger partial charge in [-0.1, -0.05) is 60.7 Å². The maximum Gasteiger partial charge on any atom is 0.119 e. The summed E-state index contributed by atoms with van der Waals surface area (Å²) in [6.45, 7) is 4.90. The Morgan fingerprint density at radius 3 is 1.96 bits per heavy atom. The van der Waals surface area contributed by atoms with Crippen molar-refractivity contribution in [1.82, 2.24) is 5.32 Å². The highest BCUT2D eigenvalue weighted by atomic mass is 35.5. The van der Waals surface area contributed by atoms with Gasteiger partial charge in [-0.15, -0.1) is 12.4 Å². The van der Waals surface area contributed by atoms with Gasteiger partial charge >= 0.3 is 0 Å². The van der Waals surface area contributed by atoms with Crippen LogP contribution in [-0.4, -0.2) is 19.7 Å². The summed E-state index contributed by atoms with van der Waals surface area (Å²) in [6, 6.07) is 21.3. The number of hydrogen-bond acceptors (Lipinski definition) is 2. The molecule has 24 heavy (non-hydrogen) atoms. The number of hydrogen-bond donors (Lipinski definition) is 1. The topological polar surface area (TPSA) is 21.3 Å². The highest BCUT2D eigenvalue weighted by Gasteiger charge is 2.34. The molecule has 0 spiro atoms. The molecule has 3 rings (SSSR count). The van der Waals surface area contributed by atoms with E-state index in [0.717, 1.165) is 25.4 Å². The maximum absolute atomic E-state index is 6.38. The first-order chi connectivity index (χ1) is 11.3. The van der Waals surface area contributed by atoms with Crippen molar-refractivity contribution in [2.24, 2.45) is 5.92 Å². The lowest BCUT2D eigenvalue weighted by Gasteiger charge is -2.35. The largest absolute Gasteiger partial charge is 0.366 e. The monoisotopic (exact) mass is 345 g/mol. The smallest absolute Gasteiger partial charge is 0.119 e. The highest BCUT2D eigenvalue weighted by Crippen LogP contribution is 2.37. The summed E-state index contributed by atoms with van der Waals surface area (Å²) in [5.41, 5.74) is 2.11. The first kappa shape index (κ1) is 19.0. The van der Waals surface area contributed by atoms with E-state index >= 15 is 0 Å². The van der Waals surface area contributed by atoms with Gasteiger partial charge < -0.3 is 10.1 Å². The third-order valence-electron chi connectivity index (χ3n) is 4.65. The lowest BCUT2D eigenvalue weighted by molar-refractivity contribution is -0.0172. The predicted molar refractivity (Wildman–Crippen MR) is 103 cm³/mol. The molecule has 0 amide bonds. The van der Waals surface area contributed by atoms with Gasteiger partial charge in [0.25, 0.3) is 0 Å². The predicted octanol–water partition coefficient (Wildman–Crippen LogP) is 4.78. The van der Waals surface area contributed by atoms with Gasteiger partial charge in [0.05, 0.1) is 0 Å². The molecule has 0 atom stereocenters. The Kier molecular flexibility index (Phi) is 7.29. The first-order valence-electron chi connectivity index (χ1n) is 8.81. The van der Waals surface area contributed by atoms with Crippen molar-refractivity contribution < 1.29 is 4.74 Å². The third kappa shape index (κ3) is 4.60. The van der Waals surface area contributed by atoms with Gasteiger partial charge in [-0.2, -0.15) is 0 Å². The molecule has 0 radical (unpaired) electrons. The van der Waals surface area contributed by atoms with Crippen LogP contribution in [0.5, 0.6) is 0 Å². The lowest BCUT2D eigenvalue weighted by Crippen LogP contribution is -2.35. The van der Waals surface area contributed by atoms with Crippen molar-refractivity contribution in [1.29, 1.82) is 0 Å². The zero-order valence-corrected chi connectivity index (χ0v) is 15.2. The maximum atomic E-state index is 6.38. The summed E-state index contributed by atoms with van der Waals surface area (Å²) >= 11 is 0. The molecule has 0 aromatic heterocycles. The van der Waals surface area contributed by atoms with Crippen LogP contribution in [0.4, 0.5) is 0 Å². The van der Waals surface area contributed by atoms with Crippen LogP contribution in [0.15, 0.2) is 60.7 Å². The number of nitrogens with one attached hydrogen (secondary N) is 1. The van der Waals surface area contributed by atoms with Crippen LogP contribution in [0.25, 0.3) is 0 Å². The van der Waals surface area contributed by atoms with Crippen molar-refractivity contribution in [3.05, 3.63) is 71.8 Å². The molecule has 0 aliphatic heterocycles. The van der Waals surface area contributed by atoms with E-state index in [0.29, 0.717) is 6.61 Å². The Bertz CT molecular complexity index is 544. The molecule has 0 heterocycles. The molecule has 1 aliphatic carbocycles. The number of rotatable bonds is 9. The van der Waals surface area contributed by atoms with Gasteiger partial charge in [-0.3, -0.25) is 0 Å². The van der Waals surface area contributed by atoms with Crippen LogP contribution in [0.2, 0.25) is 0 Å². The quantitative estimate of drug-likeness (QED) is 0.660. The van der Waals surface area contributed by atoms with Gasteiger partial charge in [0.2, 0.25) is 0 Å². The van der Waals surface area contributed by atoms with Crippen LogP contribution in [-0.2, 0) is 10.3 Å². The Balaban J connectivity index is 0.00000208. The van der Waals surface area contributed by atoms with Gasteiger partial charge in [-0.05, 0) is 56.3 Å². The molecule has 2 aromatic rings. The summed E-state index contributed by atoms with van der Waals surface area (Å²) in [5.74, 6) is 0.907. The molecule has 2 nitrogen and oxygen atoms in total. The van der Waals surface area contributed by atoms with Crippen LogP contribution >= 0.6 is 12.4 Å². The second-order valence-corrected chi connectivity index (χ2v) is 6.39. The average Bonchev–Trinajstić information content (AvgIpc) is 3.44. The molecule has 3 heteroatoms. The standard InChI is InChI=1S/C21H27NO.ClH/c1-2-23-21(19-9-5-3-6-10-19,20-11-7-4-8-12-20)15-16-22-17-18-13-14-18;/h3-12,18,22H,2,13-17H2,1H3;1H. The molecule has 0 saturated heterocycles. The zero-order chi connectivity index (χ0) is 16.0.